The molecule has 0 saturated heterocycles. The Kier molecular flexibility index (Phi) is 4.17. The minimum absolute atomic E-state index is 0.297. The van der Waals surface area contributed by atoms with Crippen molar-refractivity contribution in [2.24, 2.45) is 5.92 Å². The molecule has 80 valence electrons. The van der Waals surface area contributed by atoms with Gasteiger partial charge in [0.05, 0.1) is 0 Å². The maximum Gasteiger partial charge on any atom is 0.0464 e. The first kappa shape index (κ1) is 11.6. The molecule has 1 heteroatoms. The zero-order chi connectivity index (χ0) is 11.3. The van der Waals surface area contributed by atoms with Gasteiger partial charge in [-0.3, -0.25) is 0 Å². The van der Waals surface area contributed by atoms with Gasteiger partial charge in [0.15, 0.2) is 0 Å². The molecule has 0 fully saturated rings. The van der Waals surface area contributed by atoms with Crippen LogP contribution < -0.4 is 5.32 Å². The standard InChI is InChI=1S/C14H19N/c1-5-12-9-7-8-10-14(12)15-13(6-2)11(3)4/h5-11,13,15H,1-2H2,3-4H3. The zero-order valence-corrected chi connectivity index (χ0v) is 9.53. The Bertz CT molecular complexity index is 339. The molecule has 15 heavy (non-hydrogen) atoms. The predicted octanol–water partition coefficient (Wildman–Crippen LogP) is 3.95. The second-order valence-corrected chi connectivity index (χ2v) is 3.94. The van der Waals surface area contributed by atoms with Crippen LogP contribution in [0, 0.1) is 5.92 Å². The van der Waals surface area contributed by atoms with Gasteiger partial charge >= 0.3 is 0 Å². The Balaban J connectivity index is 2.87. The number of benzene rings is 1. The summed E-state index contributed by atoms with van der Waals surface area (Å²) < 4.78 is 0. The van der Waals surface area contributed by atoms with Crippen molar-refractivity contribution in [3.8, 4) is 0 Å². The number of para-hydroxylation sites is 1. The molecule has 1 nitrogen and oxygen atoms in total. The lowest BCUT2D eigenvalue weighted by Gasteiger charge is -2.21. The summed E-state index contributed by atoms with van der Waals surface area (Å²) in [6.07, 6.45) is 3.81. The van der Waals surface area contributed by atoms with Crippen LogP contribution in [0.1, 0.15) is 19.4 Å². The van der Waals surface area contributed by atoms with E-state index >= 15 is 0 Å². The van der Waals surface area contributed by atoms with Crippen molar-refractivity contribution in [3.63, 3.8) is 0 Å². The van der Waals surface area contributed by atoms with E-state index in [1.165, 1.54) is 0 Å². The van der Waals surface area contributed by atoms with Gasteiger partial charge < -0.3 is 5.32 Å². The maximum absolute atomic E-state index is 3.85. The molecule has 0 amide bonds. The van der Waals surface area contributed by atoms with Crippen LogP contribution in [0.5, 0.6) is 0 Å². The van der Waals surface area contributed by atoms with Crippen molar-refractivity contribution in [1.29, 1.82) is 0 Å². The highest BCUT2D eigenvalue weighted by atomic mass is 14.9. The van der Waals surface area contributed by atoms with Gasteiger partial charge in [-0.1, -0.05) is 50.8 Å². The molecule has 0 aliphatic rings. The summed E-state index contributed by atoms with van der Waals surface area (Å²) in [4.78, 5) is 0. The molecule has 0 aliphatic heterocycles. The lowest BCUT2D eigenvalue weighted by molar-refractivity contribution is 0.601. The molecule has 1 rings (SSSR count). The summed E-state index contributed by atoms with van der Waals surface area (Å²) in [5.74, 6) is 0.528. The second-order valence-electron chi connectivity index (χ2n) is 3.94. The average molecular weight is 201 g/mol. The lowest BCUT2D eigenvalue weighted by atomic mass is 10.0. The van der Waals surface area contributed by atoms with Crippen LogP contribution in [0.4, 0.5) is 5.69 Å². The third kappa shape index (κ3) is 2.98. The summed E-state index contributed by atoms with van der Waals surface area (Å²) in [5.41, 5.74) is 2.25. The van der Waals surface area contributed by atoms with Gasteiger partial charge in [-0.2, -0.15) is 0 Å². The molecule has 1 N–H and O–H groups in total. The van der Waals surface area contributed by atoms with Gasteiger partial charge in [-0.05, 0) is 17.5 Å². The van der Waals surface area contributed by atoms with Crippen molar-refractivity contribution in [3.05, 3.63) is 49.1 Å². The molecule has 0 aliphatic carbocycles. The number of rotatable bonds is 5. The van der Waals surface area contributed by atoms with Crippen LogP contribution in [0.25, 0.3) is 6.08 Å². The van der Waals surface area contributed by atoms with Gasteiger partial charge in [0.2, 0.25) is 0 Å². The quantitative estimate of drug-likeness (QED) is 0.711. The lowest BCUT2D eigenvalue weighted by Crippen LogP contribution is -2.23. The topological polar surface area (TPSA) is 12.0 Å². The number of nitrogens with one attached hydrogen (secondary N) is 1. The van der Waals surface area contributed by atoms with Gasteiger partial charge in [0.1, 0.15) is 0 Å². The highest BCUT2D eigenvalue weighted by Crippen LogP contribution is 2.19. The van der Waals surface area contributed by atoms with Crippen molar-refractivity contribution in [2.75, 3.05) is 5.32 Å². The van der Waals surface area contributed by atoms with Crippen molar-refractivity contribution >= 4 is 11.8 Å². The van der Waals surface area contributed by atoms with Crippen molar-refractivity contribution in [2.45, 2.75) is 19.9 Å². The number of hydrogen-bond donors (Lipinski definition) is 1. The fraction of sp³-hybridized carbons (Fsp3) is 0.286. The summed E-state index contributed by atoms with van der Waals surface area (Å²) in [6.45, 7) is 12.0. The Morgan fingerprint density at radius 2 is 1.87 bits per heavy atom. The summed E-state index contributed by atoms with van der Waals surface area (Å²) in [5, 5.41) is 3.46. The van der Waals surface area contributed by atoms with E-state index in [4.69, 9.17) is 0 Å². The van der Waals surface area contributed by atoms with Crippen LogP contribution in [0.3, 0.4) is 0 Å². The van der Waals surface area contributed by atoms with Crippen LogP contribution >= 0.6 is 0 Å². The summed E-state index contributed by atoms with van der Waals surface area (Å²) in [6, 6.07) is 8.45. The number of hydrogen-bond acceptors (Lipinski definition) is 1. The molecule has 1 atom stereocenters. The first-order valence-electron chi connectivity index (χ1n) is 5.29. The SMILES string of the molecule is C=Cc1ccccc1NC(C=C)C(C)C. The second kappa shape index (κ2) is 5.40. The third-order valence-corrected chi connectivity index (χ3v) is 2.48. The molecule has 0 spiro atoms. The van der Waals surface area contributed by atoms with Gasteiger partial charge in [-0.15, -0.1) is 6.58 Å². The molecular weight excluding hydrogens is 182 g/mol. The molecule has 0 bridgehead atoms. The van der Waals surface area contributed by atoms with E-state index in [-0.39, 0.29) is 0 Å². The normalized spacial score (nSPS) is 12.2. The summed E-state index contributed by atoms with van der Waals surface area (Å²) >= 11 is 0. The van der Waals surface area contributed by atoms with Crippen LogP contribution in [-0.4, -0.2) is 6.04 Å². The van der Waals surface area contributed by atoms with Crippen LogP contribution in [0.2, 0.25) is 0 Å². The molecule has 1 aromatic rings. The molecule has 0 heterocycles. The Labute approximate surface area is 92.5 Å². The van der Waals surface area contributed by atoms with Crippen LogP contribution in [-0.2, 0) is 0 Å². The first-order chi connectivity index (χ1) is 7.19. The number of anilines is 1. The van der Waals surface area contributed by atoms with E-state index < -0.39 is 0 Å². The Morgan fingerprint density at radius 1 is 1.20 bits per heavy atom. The van der Waals surface area contributed by atoms with Crippen molar-refractivity contribution < 1.29 is 0 Å². The maximum atomic E-state index is 3.85. The van der Waals surface area contributed by atoms with E-state index in [1.807, 2.05) is 24.3 Å². The third-order valence-electron chi connectivity index (χ3n) is 2.48. The highest BCUT2D eigenvalue weighted by molar-refractivity contribution is 5.66. The fourth-order valence-corrected chi connectivity index (χ4v) is 1.48. The van der Waals surface area contributed by atoms with E-state index in [2.05, 4.69) is 44.5 Å². The zero-order valence-electron chi connectivity index (χ0n) is 9.53. The monoisotopic (exact) mass is 201 g/mol. The predicted molar refractivity (Wildman–Crippen MR) is 69.0 cm³/mol. The molecule has 0 aromatic heterocycles. The summed E-state index contributed by atoms with van der Waals surface area (Å²) in [7, 11) is 0. The molecule has 0 saturated carbocycles. The average Bonchev–Trinajstić information content (AvgIpc) is 2.25. The van der Waals surface area contributed by atoms with E-state index in [1.54, 1.807) is 0 Å². The first-order valence-corrected chi connectivity index (χ1v) is 5.29. The smallest absolute Gasteiger partial charge is 0.0464 e. The van der Waals surface area contributed by atoms with Crippen LogP contribution in [0.15, 0.2) is 43.5 Å². The minimum Gasteiger partial charge on any atom is -0.378 e. The Morgan fingerprint density at radius 3 is 2.40 bits per heavy atom. The van der Waals surface area contributed by atoms with Gasteiger partial charge in [0, 0.05) is 11.7 Å². The molecule has 1 aromatic carbocycles. The van der Waals surface area contributed by atoms with Crippen molar-refractivity contribution in [1.82, 2.24) is 0 Å². The Hall–Kier alpha value is -1.50. The van der Waals surface area contributed by atoms with E-state index in [0.29, 0.717) is 12.0 Å². The minimum atomic E-state index is 0.297. The fourth-order valence-electron chi connectivity index (χ4n) is 1.48. The highest BCUT2D eigenvalue weighted by Gasteiger charge is 2.09. The van der Waals surface area contributed by atoms with Gasteiger partial charge in [0.25, 0.3) is 0 Å². The molecule has 1 unspecified atom stereocenters. The molecular formula is C14H19N. The molecule has 0 radical (unpaired) electrons. The largest absolute Gasteiger partial charge is 0.378 e. The van der Waals surface area contributed by atoms with E-state index in [9.17, 15) is 0 Å². The van der Waals surface area contributed by atoms with Gasteiger partial charge in [-0.25, -0.2) is 0 Å². The van der Waals surface area contributed by atoms with E-state index in [0.717, 1.165) is 11.3 Å².